The number of hydrogen-bond donors (Lipinski definition) is 0. The average molecular weight is 242 g/mol. The minimum atomic E-state index is -0.300. The van der Waals surface area contributed by atoms with Gasteiger partial charge in [-0.2, -0.15) is 0 Å². The third kappa shape index (κ3) is 2.94. The van der Waals surface area contributed by atoms with Crippen LogP contribution in [0.2, 0.25) is 0 Å². The first-order valence-electron chi connectivity index (χ1n) is 5.82. The van der Waals surface area contributed by atoms with Gasteiger partial charge >= 0.3 is 5.97 Å². The number of benzene rings is 1. The van der Waals surface area contributed by atoms with Gasteiger partial charge in [0.25, 0.3) is 0 Å². The van der Waals surface area contributed by atoms with E-state index >= 15 is 0 Å². The van der Waals surface area contributed by atoms with Crippen LogP contribution in [-0.2, 0) is 11.3 Å². The number of esters is 1. The lowest BCUT2D eigenvalue weighted by Crippen LogP contribution is -2.33. The number of pyridine rings is 1. The number of methoxy groups -OCH3 is 1. The average Bonchev–Trinajstić information content (AvgIpc) is 2.41. The molecule has 0 fully saturated rings. The number of carbonyl (C=O) groups is 1. The molecule has 2 rings (SSSR count). The Hall–Kier alpha value is -2.16. The maximum Gasteiger partial charge on any atom is 0.337 e. The van der Waals surface area contributed by atoms with Crippen LogP contribution in [0, 0.1) is 6.92 Å². The first-order chi connectivity index (χ1) is 8.69. The Labute approximate surface area is 107 Å². The van der Waals surface area contributed by atoms with Crippen LogP contribution in [0.15, 0.2) is 48.8 Å². The maximum atomic E-state index is 11.4. The van der Waals surface area contributed by atoms with Crippen molar-refractivity contribution in [3.63, 3.8) is 0 Å². The van der Waals surface area contributed by atoms with E-state index in [0.29, 0.717) is 5.56 Å². The quantitative estimate of drug-likeness (QED) is 0.609. The van der Waals surface area contributed by atoms with Crippen LogP contribution >= 0.6 is 0 Å². The van der Waals surface area contributed by atoms with Crippen LogP contribution in [-0.4, -0.2) is 13.1 Å². The molecule has 3 heteroatoms. The number of aryl methyl sites for hydroxylation is 1. The summed E-state index contributed by atoms with van der Waals surface area (Å²) in [6.07, 6.45) is 4.06. The highest BCUT2D eigenvalue weighted by Gasteiger charge is 2.08. The van der Waals surface area contributed by atoms with Crippen molar-refractivity contribution >= 4 is 5.97 Å². The van der Waals surface area contributed by atoms with Gasteiger partial charge in [0.2, 0.25) is 0 Å². The highest BCUT2D eigenvalue weighted by Crippen LogP contribution is 2.06. The second kappa shape index (κ2) is 5.45. The maximum absolute atomic E-state index is 11.4. The number of carbonyl (C=O) groups excluding carboxylic acids is 1. The highest BCUT2D eigenvalue weighted by molar-refractivity contribution is 5.89. The molecule has 18 heavy (non-hydrogen) atoms. The largest absolute Gasteiger partial charge is 0.465 e. The Morgan fingerprint density at radius 3 is 2.61 bits per heavy atom. The molecule has 3 nitrogen and oxygen atoms in total. The molecule has 92 valence electrons. The summed E-state index contributed by atoms with van der Waals surface area (Å²) < 4.78 is 6.78. The topological polar surface area (TPSA) is 30.2 Å². The van der Waals surface area contributed by atoms with Gasteiger partial charge in [-0.15, -0.1) is 0 Å². The fourth-order valence-corrected chi connectivity index (χ4v) is 1.76. The molecule has 0 unspecified atom stereocenters. The Bertz CT molecular complexity index is 547. The predicted molar refractivity (Wildman–Crippen MR) is 68.3 cm³/mol. The summed E-state index contributed by atoms with van der Waals surface area (Å²) in [4.78, 5) is 11.4. The zero-order valence-electron chi connectivity index (χ0n) is 10.6. The number of ether oxygens (including phenoxy) is 1. The Kier molecular flexibility index (Phi) is 3.72. The lowest BCUT2D eigenvalue weighted by molar-refractivity contribution is -0.688. The SMILES string of the molecule is COC(=O)c1cccc(C[n+]2ccc(C)cc2)c1. The zero-order chi connectivity index (χ0) is 13.0. The molecular weight excluding hydrogens is 226 g/mol. The molecule has 2 aromatic rings. The minimum Gasteiger partial charge on any atom is -0.465 e. The molecule has 0 spiro atoms. The Morgan fingerprint density at radius 1 is 1.22 bits per heavy atom. The number of aromatic nitrogens is 1. The van der Waals surface area contributed by atoms with E-state index in [9.17, 15) is 4.79 Å². The van der Waals surface area contributed by atoms with Gasteiger partial charge in [-0.05, 0) is 24.6 Å². The van der Waals surface area contributed by atoms with E-state index in [-0.39, 0.29) is 5.97 Å². The van der Waals surface area contributed by atoms with Gasteiger partial charge < -0.3 is 4.74 Å². The van der Waals surface area contributed by atoms with Crippen LogP contribution in [0.1, 0.15) is 21.5 Å². The van der Waals surface area contributed by atoms with Crippen molar-refractivity contribution in [1.82, 2.24) is 0 Å². The van der Waals surface area contributed by atoms with E-state index in [1.165, 1.54) is 12.7 Å². The van der Waals surface area contributed by atoms with E-state index in [0.717, 1.165) is 12.1 Å². The van der Waals surface area contributed by atoms with E-state index in [4.69, 9.17) is 4.74 Å². The lowest BCUT2D eigenvalue weighted by Gasteiger charge is -2.02. The smallest absolute Gasteiger partial charge is 0.337 e. The van der Waals surface area contributed by atoms with Crippen molar-refractivity contribution in [3.8, 4) is 0 Å². The highest BCUT2D eigenvalue weighted by atomic mass is 16.5. The van der Waals surface area contributed by atoms with Crippen molar-refractivity contribution in [1.29, 1.82) is 0 Å². The van der Waals surface area contributed by atoms with Gasteiger partial charge in [0, 0.05) is 17.7 Å². The second-order valence-electron chi connectivity index (χ2n) is 4.24. The van der Waals surface area contributed by atoms with Crippen molar-refractivity contribution in [2.75, 3.05) is 7.11 Å². The molecule has 0 bridgehead atoms. The standard InChI is InChI=1S/C15H16NO2/c1-12-6-8-16(9-7-12)11-13-4-3-5-14(10-13)15(17)18-2/h3-10H,11H2,1-2H3/q+1. The van der Waals surface area contributed by atoms with Gasteiger partial charge in [0.1, 0.15) is 0 Å². The van der Waals surface area contributed by atoms with E-state index < -0.39 is 0 Å². The normalized spacial score (nSPS) is 10.1. The molecule has 0 amide bonds. The van der Waals surface area contributed by atoms with Crippen LogP contribution in [0.5, 0.6) is 0 Å². The van der Waals surface area contributed by atoms with Gasteiger partial charge in [0.05, 0.1) is 12.7 Å². The molecular formula is C15H16NO2+. The van der Waals surface area contributed by atoms with E-state index in [1.807, 2.05) is 30.6 Å². The summed E-state index contributed by atoms with van der Waals surface area (Å²) in [5.41, 5.74) is 2.89. The van der Waals surface area contributed by atoms with Gasteiger partial charge in [0.15, 0.2) is 18.9 Å². The van der Waals surface area contributed by atoms with Crippen molar-refractivity contribution in [2.24, 2.45) is 0 Å². The van der Waals surface area contributed by atoms with Crippen LogP contribution in [0.25, 0.3) is 0 Å². The van der Waals surface area contributed by atoms with E-state index in [2.05, 4.69) is 23.6 Å². The third-order valence-electron chi connectivity index (χ3n) is 2.77. The van der Waals surface area contributed by atoms with Crippen LogP contribution in [0.4, 0.5) is 0 Å². The third-order valence-corrected chi connectivity index (χ3v) is 2.77. The van der Waals surface area contributed by atoms with Crippen LogP contribution < -0.4 is 4.57 Å². The summed E-state index contributed by atoms with van der Waals surface area (Å²) in [5.74, 6) is -0.300. The molecule has 0 radical (unpaired) electrons. The number of hydrogen-bond acceptors (Lipinski definition) is 2. The summed E-state index contributed by atoms with van der Waals surface area (Å²) in [5, 5.41) is 0. The Balaban J connectivity index is 2.19. The Morgan fingerprint density at radius 2 is 1.94 bits per heavy atom. The first kappa shape index (κ1) is 12.3. The molecule has 0 saturated heterocycles. The summed E-state index contributed by atoms with van der Waals surface area (Å²) >= 11 is 0. The molecule has 0 aliphatic heterocycles. The second-order valence-corrected chi connectivity index (χ2v) is 4.24. The zero-order valence-corrected chi connectivity index (χ0v) is 10.6. The van der Waals surface area contributed by atoms with Gasteiger partial charge in [-0.25, -0.2) is 9.36 Å². The molecule has 0 aliphatic carbocycles. The lowest BCUT2D eigenvalue weighted by atomic mass is 10.1. The van der Waals surface area contributed by atoms with E-state index in [1.54, 1.807) is 6.07 Å². The first-order valence-corrected chi connectivity index (χ1v) is 5.82. The minimum absolute atomic E-state index is 0.300. The molecule has 1 aromatic carbocycles. The van der Waals surface area contributed by atoms with Crippen LogP contribution in [0.3, 0.4) is 0 Å². The number of rotatable bonds is 3. The molecule has 0 aliphatic rings. The molecule has 0 N–H and O–H groups in total. The van der Waals surface area contributed by atoms with Gasteiger partial charge in [-0.1, -0.05) is 12.1 Å². The summed E-state index contributed by atoms with van der Waals surface area (Å²) in [6, 6.07) is 11.6. The monoisotopic (exact) mass is 242 g/mol. The summed E-state index contributed by atoms with van der Waals surface area (Å²) in [6.45, 7) is 2.80. The van der Waals surface area contributed by atoms with Crippen molar-refractivity contribution in [3.05, 3.63) is 65.5 Å². The fraction of sp³-hybridized carbons (Fsp3) is 0.200. The molecule has 0 saturated carbocycles. The van der Waals surface area contributed by atoms with Crippen molar-refractivity contribution < 1.29 is 14.1 Å². The predicted octanol–water partition coefficient (Wildman–Crippen LogP) is 2.12. The molecule has 0 atom stereocenters. The van der Waals surface area contributed by atoms with Crippen molar-refractivity contribution in [2.45, 2.75) is 13.5 Å². The summed E-state index contributed by atoms with van der Waals surface area (Å²) in [7, 11) is 1.39. The van der Waals surface area contributed by atoms with Gasteiger partial charge in [-0.3, -0.25) is 0 Å². The number of nitrogens with zero attached hydrogens (tertiary/aromatic N) is 1. The molecule has 1 heterocycles. The fourth-order valence-electron chi connectivity index (χ4n) is 1.76. The molecule has 1 aromatic heterocycles.